The summed E-state index contributed by atoms with van der Waals surface area (Å²) in [5.41, 5.74) is 1.36. The predicted octanol–water partition coefficient (Wildman–Crippen LogP) is 5.17. The fraction of sp³-hybridized carbons (Fsp3) is 0.161. The molecule has 0 heterocycles. The van der Waals surface area contributed by atoms with Crippen LogP contribution in [0.3, 0.4) is 0 Å². The second-order valence-corrected chi connectivity index (χ2v) is 11.1. The van der Waals surface area contributed by atoms with Crippen LogP contribution in [0.2, 0.25) is 0 Å². The second-order valence-electron chi connectivity index (χ2n) is 9.20. The lowest BCUT2D eigenvalue weighted by Crippen LogP contribution is -2.38. The number of ether oxygens (including phenoxy) is 2. The molecule has 11 heteroatoms. The van der Waals surface area contributed by atoms with Gasteiger partial charge in [0, 0.05) is 6.07 Å². The molecular formula is C31H30FN3O6S. The van der Waals surface area contributed by atoms with Crippen LogP contribution in [-0.2, 0) is 14.8 Å². The van der Waals surface area contributed by atoms with E-state index in [4.69, 9.17) is 9.47 Å². The zero-order valence-electron chi connectivity index (χ0n) is 23.2. The molecule has 9 nitrogen and oxygen atoms in total. The van der Waals surface area contributed by atoms with Gasteiger partial charge in [-0.15, -0.1) is 0 Å². The molecule has 0 aliphatic rings. The predicted molar refractivity (Wildman–Crippen MR) is 158 cm³/mol. The molecule has 4 aromatic rings. The van der Waals surface area contributed by atoms with Crippen LogP contribution < -0.4 is 24.4 Å². The third-order valence-corrected chi connectivity index (χ3v) is 8.21. The van der Waals surface area contributed by atoms with Crippen molar-refractivity contribution in [2.75, 3.05) is 30.4 Å². The molecule has 1 atom stereocenters. The van der Waals surface area contributed by atoms with Gasteiger partial charge in [-0.05, 0) is 61.0 Å². The maximum Gasteiger partial charge on any atom is 0.264 e. The minimum Gasteiger partial charge on any atom is -0.493 e. The molecule has 0 bridgehead atoms. The zero-order chi connectivity index (χ0) is 30.3. The molecule has 0 fully saturated rings. The van der Waals surface area contributed by atoms with Gasteiger partial charge in [0.25, 0.3) is 15.9 Å². The van der Waals surface area contributed by atoms with Crippen molar-refractivity contribution in [3.63, 3.8) is 0 Å². The molecule has 0 saturated carbocycles. The molecule has 2 amide bonds. The van der Waals surface area contributed by atoms with Gasteiger partial charge >= 0.3 is 0 Å². The molecule has 2 N–H and O–H groups in total. The number of methoxy groups -OCH3 is 2. The van der Waals surface area contributed by atoms with Gasteiger partial charge in [0.05, 0.1) is 42.1 Å². The number of amides is 2. The first-order valence-corrected chi connectivity index (χ1v) is 14.3. The van der Waals surface area contributed by atoms with Crippen molar-refractivity contribution in [1.29, 1.82) is 0 Å². The van der Waals surface area contributed by atoms with Crippen LogP contribution in [0.1, 0.15) is 28.9 Å². The molecule has 0 unspecified atom stereocenters. The molecule has 4 aromatic carbocycles. The van der Waals surface area contributed by atoms with E-state index in [9.17, 15) is 22.4 Å². The van der Waals surface area contributed by atoms with E-state index >= 15 is 0 Å². The number of nitrogens with one attached hydrogen (secondary N) is 2. The van der Waals surface area contributed by atoms with Crippen molar-refractivity contribution >= 4 is 33.2 Å². The quantitative estimate of drug-likeness (QED) is 0.249. The Kier molecular flexibility index (Phi) is 9.43. The van der Waals surface area contributed by atoms with E-state index < -0.39 is 34.2 Å². The van der Waals surface area contributed by atoms with E-state index in [0.29, 0.717) is 5.75 Å². The van der Waals surface area contributed by atoms with Crippen LogP contribution in [0, 0.1) is 5.82 Å². The standard InChI is InChI=1S/C31H30FN3O6S/c1-21(22-9-5-4-6-10-22)33-31(37)26-11-7-8-12-27(26)34-30(36)20-35(24-15-13-23(32)14-16-24)42(38,39)25-17-18-28(40-2)29(19-25)41-3/h4-19,21H,20H2,1-3H3,(H,33,37)(H,34,36)/t21-/m1/s1. The molecule has 218 valence electrons. The first-order valence-electron chi connectivity index (χ1n) is 12.9. The Hall–Kier alpha value is -4.90. The topological polar surface area (TPSA) is 114 Å². The van der Waals surface area contributed by atoms with Gasteiger partial charge < -0.3 is 20.1 Å². The van der Waals surface area contributed by atoms with Crippen LogP contribution in [-0.4, -0.2) is 41.0 Å². The van der Waals surface area contributed by atoms with Crippen molar-refractivity contribution in [2.24, 2.45) is 0 Å². The van der Waals surface area contributed by atoms with E-state index in [1.165, 1.54) is 44.6 Å². The summed E-state index contributed by atoms with van der Waals surface area (Å²) in [7, 11) is -1.56. The maximum absolute atomic E-state index is 13.8. The smallest absolute Gasteiger partial charge is 0.264 e. The highest BCUT2D eigenvalue weighted by atomic mass is 32.2. The first kappa shape index (κ1) is 30.1. The number of sulfonamides is 1. The Morgan fingerprint density at radius 2 is 1.50 bits per heavy atom. The Bertz CT molecular complexity index is 1660. The maximum atomic E-state index is 13.8. The van der Waals surface area contributed by atoms with Gasteiger partial charge in [0.15, 0.2) is 11.5 Å². The van der Waals surface area contributed by atoms with Gasteiger partial charge in [0.2, 0.25) is 5.91 Å². The molecule has 0 aliphatic carbocycles. The zero-order valence-corrected chi connectivity index (χ0v) is 24.0. The highest BCUT2D eigenvalue weighted by Crippen LogP contribution is 2.32. The number of benzene rings is 4. The lowest BCUT2D eigenvalue weighted by molar-refractivity contribution is -0.114. The Morgan fingerprint density at radius 1 is 0.857 bits per heavy atom. The van der Waals surface area contributed by atoms with Gasteiger partial charge in [-0.25, -0.2) is 12.8 Å². The Labute approximate surface area is 243 Å². The number of carbonyl (C=O) groups is 2. The summed E-state index contributed by atoms with van der Waals surface area (Å²) in [5, 5.41) is 5.57. The van der Waals surface area contributed by atoms with Gasteiger partial charge in [-0.2, -0.15) is 0 Å². The summed E-state index contributed by atoms with van der Waals surface area (Å²) in [6.07, 6.45) is 0. The monoisotopic (exact) mass is 591 g/mol. The highest BCUT2D eigenvalue weighted by Gasteiger charge is 2.29. The number of carbonyl (C=O) groups excluding carboxylic acids is 2. The summed E-state index contributed by atoms with van der Waals surface area (Å²) < 4.78 is 52.6. The molecule has 42 heavy (non-hydrogen) atoms. The number of halogens is 1. The molecular weight excluding hydrogens is 561 g/mol. The number of anilines is 2. The Balaban J connectivity index is 1.61. The summed E-state index contributed by atoms with van der Waals surface area (Å²) in [5.74, 6) is -1.22. The fourth-order valence-electron chi connectivity index (χ4n) is 4.24. The van der Waals surface area contributed by atoms with Crippen molar-refractivity contribution in [1.82, 2.24) is 5.32 Å². The van der Waals surface area contributed by atoms with Crippen molar-refractivity contribution < 1.29 is 31.9 Å². The normalized spacial score (nSPS) is 11.7. The lowest BCUT2D eigenvalue weighted by Gasteiger charge is -2.25. The fourth-order valence-corrected chi connectivity index (χ4v) is 5.67. The van der Waals surface area contributed by atoms with E-state index in [1.54, 1.807) is 24.3 Å². The van der Waals surface area contributed by atoms with Crippen LogP contribution in [0.4, 0.5) is 15.8 Å². The number of nitrogens with zero attached hydrogens (tertiary/aromatic N) is 1. The van der Waals surface area contributed by atoms with E-state index in [0.717, 1.165) is 22.0 Å². The largest absolute Gasteiger partial charge is 0.493 e. The SMILES string of the molecule is COc1ccc(S(=O)(=O)N(CC(=O)Nc2ccccc2C(=O)N[C@H](C)c2ccccc2)c2ccc(F)cc2)cc1OC. The van der Waals surface area contributed by atoms with Crippen LogP contribution >= 0.6 is 0 Å². The molecule has 0 saturated heterocycles. The van der Waals surface area contributed by atoms with Gasteiger partial charge in [0.1, 0.15) is 12.4 Å². The average molecular weight is 592 g/mol. The molecule has 0 spiro atoms. The molecule has 4 rings (SSSR count). The molecule has 0 aromatic heterocycles. The van der Waals surface area contributed by atoms with E-state index in [2.05, 4.69) is 10.6 Å². The Morgan fingerprint density at radius 3 is 2.17 bits per heavy atom. The van der Waals surface area contributed by atoms with Crippen molar-refractivity contribution in [3.05, 3.63) is 114 Å². The third kappa shape index (κ3) is 6.87. The second kappa shape index (κ2) is 13.2. The summed E-state index contributed by atoms with van der Waals surface area (Å²) in [6, 6.07) is 24.2. The number of hydrogen-bond acceptors (Lipinski definition) is 6. The van der Waals surface area contributed by atoms with Crippen LogP contribution in [0.15, 0.2) is 102 Å². The average Bonchev–Trinajstić information content (AvgIpc) is 3.00. The van der Waals surface area contributed by atoms with Crippen LogP contribution in [0.5, 0.6) is 11.5 Å². The van der Waals surface area contributed by atoms with Gasteiger partial charge in [-0.1, -0.05) is 42.5 Å². The lowest BCUT2D eigenvalue weighted by atomic mass is 10.1. The summed E-state index contributed by atoms with van der Waals surface area (Å²) in [4.78, 5) is 26.3. The van der Waals surface area contributed by atoms with Gasteiger partial charge in [-0.3, -0.25) is 13.9 Å². The third-order valence-electron chi connectivity index (χ3n) is 6.44. The van der Waals surface area contributed by atoms with E-state index in [1.807, 2.05) is 37.3 Å². The van der Waals surface area contributed by atoms with E-state index in [-0.39, 0.29) is 33.6 Å². The van der Waals surface area contributed by atoms with Crippen molar-refractivity contribution in [3.8, 4) is 11.5 Å². The first-order chi connectivity index (χ1) is 20.1. The number of para-hydroxylation sites is 1. The summed E-state index contributed by atoms with van der Waals surface area (Å²) in [6.45, 7) is 1.17. The van der Waals surface area contributed by atoms with Crippen LogP contribution in [0.25, 0.3) is 0 Å². The molecule has 0 radical (unpaired) electrons. The minimum absolute atomic E-state index is 0.0593. The highest BCUT2D eigenvalue weighted by molar-refractivity contribution is 7.92. The van der Waals surface area contributed by atoms with Crippen molar-refractivity contribution in [2.45, 2.75) is 17.9 Å². The minimum atomic E-state index is -4.35. The summed E-state index contributed by atoms with van der Waals surface area (Å²) >= 11 is 0. The number of rotatable bonds is 11. The molecule has 0 aliphatic heterocycles. The number of hydrogen-bond donors (Lipinski definition) is 2.